The summed E-state index contributed by atoms with van der Waals surface area (Å²) in [6.07, 6.45) is 0. The Hall–Kier alpha value is -1.98. The van der Waals surface area contributed by atoms with Crippen LogP contribution in [-0.2, 0) is 13.1 Å². The molecule has 0 atom stereocenters. The highest BCUT2D eigenvalue weighted by Crippen LogP contribution is 2.39. The summed E-state index contributed by atoms with van der Waals surface area (Å²) in [6.45, 7) is 7.00. The van der Waals surface area contributed by atoms with E-state index in [1.807, 2.05) is 19.9 Å². The zero-order chi connectivity index (χ0) is 17.7. The van der Waals surface area contributed by atoms with Crippen LogP contribution >= 0.6 is 22.9 Å². The lowest BCUT2D eigenvalue weighted by Crippen LogP contribution is -2.21. The van der Waals surface area contributed by atoms with Crippen molar-refractivity contribution in [3.8, 4) is 0 Å². The molecule has 0 bridgehead atoms. The molecule has 0 unspecified atom stereocenters. The molecule has 2 aromatic heterocycles. The van der Waals surface area contributed by atoms with Crippen LogP contribution < -0.4 is 5.32 Å². The number of aliphatic imine (C=N–C) groups is 1. The normalized spacial score (nSPS) is 13.2. The molecule has 0 radical (unpaired) electrons. The Morgan fingerprint density at radius 1 is 1.28 bits per heavy atom. The van der Waals surface area contributed by atoms with Crippen molar-refractivity contribution in [3.05, 3.63) is 61.9 Å². The fourth-order valence-corrected chi connectivity index (χ4v) is 4.62. The fourth-order valence-electron chi connectivity index (χ4n) is 3.21. The Morgan fingerprint density at radius 3 is 2.84 bits per heavy atom. The molecule has 128 valence electrons. The molecule has 1 aliphatic rings. The van der Waals surface area contributed by atoms with Crippen LogP contribution in [0.15, 0.2) is 23.2 Å². The molecular weight excluding hydrogens is 357 g/mol. The maximum absolute atomic E-state index is 13.4. The third-order valence-electron chi connectivity index (χ3n) is 4.57. The summed E-state index contributed by atoms with van der Waals surface area (Å²) in [4.78, 5) is 11.4. The summed E-state index contributed by atoms with van der Waals surface area (Å²) in [7, 11) is 0. The van der Waals surface area contributed by atoms with Crippen molar-refractivity contribution in [1.29, 1.82) is 0 Å². The Bertz CT molecular complexity index is 1040. The van der Waals surface area contributed by atoms with E-state index in [-0.39, 0.29) is 5.82 Å². The van der Waals surface area contributed by atoms with Crippen LogP contribution in [0, 0.1) is 26.6 Å². The fraction of sp³-hybridized carbons (Fsp3) is 0.263. The molecule has 4 rings (SSSR count). The standard InChI is InChI=1S/C19H17ClFN3S/c1-9-6-12(4-5-14(9)21)7-22-18-17-13(8-23-18)15-10(2)16(20)11(3)24-19(15)25-17/h4-6H,7-8H2,1-3H3,(H,22,23). The number of benzene rings is 1. The minimum atomic E-state index is -0.178. The van der Waals surface area contributed by atoms with Crippen molar-refractivity contribution in [2.75, 3.05) is 0 Å². The van der Waals surface area contributed by atoms with Crippen LogP contribution in [0.25, 0.3) is 10.2 Å². The van der Waals surface area contributed by atoms with E-state index < -0.39 is 0 Å². The quantitative estimate of drug-likeness (QED) is 0.681. The predicted molar refractivity (Wildman–Crippen MR) is 102 cm³/mol. The molecule has 0 fully saturated rings. The van der Waals surface area contributed by atoms with E-state index >= 15 is 0 Å². The first kappa shape index (κ1) is 16.5. The largest absolute Gasteiger partial charge is 0.365 e. The van der Waals surface area contributed by atoms with Crippen LogP contribution in [-0.4, -0.2) is 10.8 Å². The minimum Gasteiger partial charge on any atom is -0.365 e. The van der Waals surface area contributed by atoms with Gasteiger partial charge in [0.15, 0.2) is 0 Å². The van der Waals surface area contributed by atoms with Gasteiger partial charge in [0.2, 0.25) is 0 Å². The van der Waals surface area contributed by atoms with Crippen LogP contribution in [0.1, 0.15) is 32.8 Å². The molecule has 25 heavy (non-hydrogen) atoms. The maximum atomic E-state index is 13.4. The molecule has 3 nitrogen and oxygen atoms in total. The minimum absolute atomic E-state index is 0.178. The first-order chi connectivity index (χ1) is 12.0. The topological polar surface area (TPSA) is 37.3 Å². The van der Waals surface area contributed by atoms with E-state index in [0.29, 0.717) is 18.7 Å². The predicted octanol–water partition coefficient (Wildman–Crippen LogP) is 5.06. The third kappa shape index (κ3) is 2.71. The van der Waals surface area contributed by atoms with Gasteiger partial charge in [0.25, 0.3) is 0 Å². The van der Waals surface area contributed by atoms with E-state index in [4.69, 9.17) is 11.6 Å². The lowest BCUT2D eigenvalue weighted by atomic mass is 10.1. The number of nitrogens with one attached hydrogen (secondary N) is 1. The van der Waals surface area contributed by atoms with Crippen molar-refractivity contribution < 1.29 is 4.39 Å². The number of rotatable bonds is 2. The molecule has 3 heterocycles. The number of amidine groups is 1. The second kappa shape index (κ2) is 6.07. The molecular formula is C19H17ClFN3S. The average molecular weight is 374 g/mol. The molecule has 3 aromatic rings. The molecule has 6 heteroatoms. The number of hydrogen-bond donors (Lipinski definition) is 1. The molecule has 0 saturated carbocycles. The molecule has 1 aromatic carbocycles. The number of fused-ring (bicyclic) bond motifs is 3. The molecule has 1 N–H and O–H groups in total. The summed E-state index contributed by atoms with van der Waals surface area (Å²) in [6, 6.07) is 5.16. The Kier molecular flexibility index (Phi) is 4.01. The van der Waals surface area contributed by atoms with Gasteiger partial charge in [0.05, 0.1) is 22.1 Å². The van der Waals surface area contributed by atoms with Gasteiger partial charge in [-0.15, -0.1) is 11.3 Å². The molecule has 0 amide bonds. The highest BCUT2D eigenvalue weighted by Gasteiger charge is 2.24. The number of aromatic nitrogens is 1. The lowest BCUT2D eigenvalue weighted by molar-refractivity contribution is 0.617. The van der Waals surface area contributed by atoms with Crippen molar-refractivity contribution in [2.45, 2.75) is 33.9 Å². The molecule has 1 aliphatic heterocycles. The summed E-state index contributed by atoms with van der Waals surface area (Å²) in [5, 5.41) is 5.25. The zero-order valence-corrected chi connectivity index (χ0v) is 15.8. The SMILES string of the molecule is Cc1cc(CNC2=NCc3c2sc2nc(C)c(Cl)c(C)c32)ccc1F. The molecule has 0 saturated heterocycles. The van der Waals surface area contributed by atoms with Crippen molar-refractivity contribution >= 4 is 39.0 Å². The second-order valence-corrected chi connectivity index (χ2v) is 7.71. The van der Waals surface area contributed by atoms with Gasteiger partial charge >= 0.3 is 0 Å². The van der Waals surface area contributed by atoms with Gasteiger partial charge < -0.3 is 5.32 Å². The van der Waals surface area contributed by atoms with Crippen LogP contribution in [0.2, 0.25) is 5.02 Å². The summed E-state index contributed by atoms with van der Waals surface area (Å²) >= 11 is 8.03. The van der Waals surface area contributed by atoms with Gasteiger partial charge in [-0.2, -0.15) is 0 Å². The summed E-state index contributed by atoms with van der Waals surface area (Å²) in [5.41, 5.74) is 4.82. The summed E-state index contributed by atoms with van der Waals surface area (Å²) < 4.78 is 13.4. The average Bonchev–Trinajstić information content (AvgIpc) is 3.12. The Labute approximate surface area is 154 Å². The molecule has 0 aliphatic carbocycles. The maximum Gasteiger partial charge on any atom is 0.139 e. The van der Waals surface area contributed by atoms with E-state index in [2.05, 4.69) is 15.3 Å². The van der Waals surface area contributed by atoms with E-state index in [9.17, 15) is 4.39 Å². The van der Waals surface area contributed by atoms with Crippen molar-refractivity contribution in [3.63, 3.8) is 0 Å². The van der Waals surface area contributed by atoms with Gasteiger partial charge in [0.1, 0.15) is 16.5 Å². The lowest BCUT2D eigenvalue weighted by Gasteiger charge is -2.07. The van der Waals surface area contributed by atoms with Crippen LogP contribution in [0.3, 0.4) is 0 Å². The highest BCUT2D eigenvalue weighted by atomic mass is 35.5. The first-order valence-corrected chi connectivity index (χ1v) is 9.27. The number of nitrogens with zero attached hydrogens (tertiary/aromatic N) is 2. The summed E-state index contributed by atoms with van der Waals surface area (Å²) in [5.74, 6) is 0.704. The Balaban J connectivity index is 1.64. The van der Waals surface area contributed by atoms with E-state index in [0.717, 1.165) is 42.8 Å². The van der Waals surface area contributed by atoms with Gasteiger partial charge in [-0.1, -0.05) is 23.7 Å². The number of halogens is 2. The van der Waals surface area contributed by atoms with Gasteiger partial charge in [-0.3, -0.25) is 4.99 Å². The van der Waals surface area contributed by atoms with Gasteiger partial charge in [-0.25, -0.2) is 9.37 Å². The van der Waals surface area contributed by atoms with Crippen molar-refractivity contribution in [1.82, 2.24) is 10.3 Å². The zero-order valence-electron chi connectivity index (χ0n) is 14.2. The van der Waals surface area contributed by atoms with Gasteiger partial charge in [0, 0.05) is 17.5 Å². The second-order valence-electron chi connectivity index (χ2n) is 6.33. The first-order valence-electron chi connectivity index (χ1n) is 8.07. The third-order valence-corrected chi connectivity index (χ3v) is 6.26. The number of pyridine rings is 1. The van der Waals surface area contributed by atoms with Gasteiger partial charge in [-0.05, 0) is 43.5 Å². The smallest absolute Gasteiger partial charge is 0.139 e. The number of hydrogen-bond acceptors (Lipinski definition) is 4. The van der Waals surface area contributed by atoms with Crippen LogP contribution in [0.5, 0.6) is 0 Å². The number of thiophene rings is 1. The molecule has 0 spiro atoms. The van der Waals surface area contributed by atoms with Crippen LogP contribution in [0.4, 0.5) is 4.39 Å². The van der Waals surface area contributed by atoms with Crippen molar-refractivity contribution in [2.24, 2.45) is 4.99 Å². The highest BCUT2D eigenvalue weighted by molar-refractivity contribution is 7.20. The number of aryl methyl sites for hydroxylation is 3. The monoisotopic (exact) mass is 373 g/mol. The van der Waals surface area contributed by atoms with E-state index in [1.54, 1.807) is 24.3 Å². The Morgan fingerprint density at radius 2 is 2.08 bits per heavy atom. The van der Waals surface area contributed by atoms with E-state index in [1.165, 1.54) is 11.6 Å².